The van der Waals surface area contributed by atoms with Crippen LogP contribution in [0.15, 0.2) is 48.5 Å². The van der Waals surface area contributed by atoms with Crippen LogP contribution in [0.25, 0.3) is 0 Å². The Hall–Kier alpha value is -2.60. The molecule has 0 aromatic heterocycles. The summed E-state index contributed by atoms with van der Waals surface area (Å²) < 4.78 is 19.0. The number of carbonyl (C=O) groups excluding carboxylic acids is 2. The summed E-state index contributed by atoms with van der Waals surface area (Å²) in [5.74, 6) is -0.300. The lowest BCUT2D eigenvalue weighted by molar-refractivity contribution is -0.143. The van der Waals surface area contributed by atoms with E-state index in [1.54, 1.807) is 36.4 Å². The Morgan fingerprint density at radius 1 is 1.13 bits per heavy atom. The largest absolute Gasteiger partial charge is 0.484 e. The highest BCUT2D eigenvalue weighted by molar-refractivity contribution is 6.30. The molecule has 2 aromatic rings. The Morgan fingerprint density at radius 2 is 1.77 bits per heavy atom. The lowest BCUT2D eigenvalue weighted by Gasteiger charge is -2.31. The predicted octanol–water partition coefficient (Wildman–Crippen LogP) is 4.72. The van der Waals surface area contributed by atoms with Gasteiger partial charge in [0.2, 0.25) is 5.91 Å². The van der Waals surface area contributed by atoms with E-state index in [-0.39, 0.29) is 36.8 Å². The summed E-state index contributed by atoms with van der Waals surface area (Å²) >= 11 is 5.89. The Morgan fingerprint density at radius 3 is 2.39 bits per heavy atom. The normalized spacial score (nSPS) is 14.8. The molecule has 0 spiro atoms. The molecule has 1 aliphatic carbocycles. The molecule has 0 radical (unpaired) electrons. The smallest absolute Gasteiger partial charge is 0.261 e. The summed E-state index contributed by atoms with van der Waals surface area (Å²) in [7, 11) is 0. The van der Waals surface area contributed by atoms with Gasteiger partial charge < -0.3 is 15.0 Å². The molecule has 3 rings (SSSR count). The number of rotatable bonds is 9. The Kier molecular flexibility index (Phi) is 8.29. The van der Waals surface area contributed by atoms with Crippen LogP contribution >= 0.6 is 11.6 Å². The number of benzene rings is 2. The van der Waals surface area contributed by atoms with Crippen molar-refractivity contribution in [1.29, 1.82) is 0 Å². The van der Waals surface area contributed by atoms with Gasteiger partial charge in [-0.25, -0.2) is 4.39 Å². The van der Waals surface area contributed by atoms with Crippen molar-refractivity contribution in [2.75, 3.05) is 6.61 Å². The molecule has 0 saturated heterocycles. The van der Waals surface area contributed by atoms with Crippen LogP contribution < -0.4 is 10.1 Å². The van der Waals surface area contributed by atoms with Crippen LogP contribution in [-0.4, -0.2) is 35.4 Å². The van der Waals surface area contributed by atoms with Gasteiger partial charge in [-0.3, -0.25) is 9.59 Å². The summed E-state index contributed by atoms with van der Waals surface area (Å²) in [5, 5.41) is 3.67. The summed E-state index contributed by atoms with van der Waals surface area (Å²) in [6.45, 7) is 1.86. The molecule has 5 nitrogen and oxygen atoms in total. The molecule has 1 saturated carbocycles. The fourth-order valence-corrected chi connectivity index (χ4v) is 3.96. The summed E-state index contributed by atoms with van der Waals surface area (Å²) in [4.78, 5) is 27.7. The SMILES string of the molecule is CCC(C(=O)NC1CCCC1)N(Cc1ccc(F)cc1)C(=O)COc1ccc(Cl)cc1. The van der Waals surface area contributed by atoms with Crippen molar-refractivity contribution in [1.82, 2.24) is 10.2 Å². The van der Waals surface area contributed by atoms with Gasteiger partial charge in [0.1, 0.15) is 17.6 Å². The quantitative estimate of drug-likeness (QED) is 0.606. The van der Waals surface area contributed by atoms with Gasteiger partial charge in [-0.1, -0.05) is 43.5 Å². The zero-order valence-corrected chi connectivity index (χ0v) is 18.4. The maximum atomic E-state index is 13.3. The fraction of sp³-hybridized carbons (Fsp3) is 0.417. The Labute approximate surface area is 187 Å². The van der Waals surface area contributed by atoms with Crippen molar-refractivity contribution in [3.8, 4) is 5.75 Å². The van der Waals surface area contributed by atoms with Crippen molar-refractivity contribution in [2.24, 2.45) is 0 Å². The van der Waals surface area contributed by atoms with Crippen molar-refractivity contribution in [3.63, 3.8) is 0 Å². The molecule has 1 unspecified atom stereocenters. The number of hydrogen-bond donors (Lipinski definition) is 1. The molecule has 2 aromatic carbocycles. The zero-order valence-electron chi connectivity index (χ0n) is 17.7. The summed E-state index contributed by atoms with van der Waals surface area (Å²) in [6, 6.07) is 12.2. The van der Waals surface area contributed by atoms with Gasteiger partial charge in [-0.2, -0.15) is 0 Å². The van der Waals surface area contributed by atoms with Gasteiger partial charge in [0, 0.05) is 17.6 Å². The first-order valence-electron chi connectivity index (χ1n) is 10.7. The zero-order chi connectivity index (χ0) is 22.2. The first-order valence-corrected chi connectivity index (χ1v) is 11.1. The van der Waals surface area contributed by atoms with Crippen molar-refractivity contribution in [2.45, 2.75) is 57.7 Å². The second kappa shape index (κ2) is 11.1. The summed E-state index contributed by atoms with van der Waals surface area (Å²) in [6.07, 6.45) is 4.61. The average molecular weight is 447 g/mol. The highest BCUT2D eigenvalue weighted by Gasteiger charge is 2.30. The number of ether oxygens (including phenoxy) is 1. The number of nitrogens with zero attached hydrogens (tertiary/aromatic N) is 1. The van der Waals surface area contributed by atoms with E-state index >= 15 is 0 Å². The van der Waals surface area contributed by atoms with E-state index < -0.39 is 6.04 Å². The molecule has 31 heavy (non-hydrogen) atoms. The van der Waals surface area contributed by atoms with Crippen molar-refractivity contribution < 1.29 is 18.7 Å². The van der Waals surface area contributed by atoms with Crippen molar-refractivity contribution in [3.05, 3.63) is 64.9 Å². The molecule has 1 atom stereocenters. The number of nitrogens with one attached hydrogen (secondary N) is 1. The predicted molar refractivity (Wildman–Crippen MR) is 118 cm³/mol. The van der Waals surface area contributed by atoms with Gasteiger partial charge in [0.15, 0.2) is 6.61 Å². The van der Waals surface area contributed by atoms with E-state index in [0.717, 1.165) is 31.2 Å². The van der Waals surface area contributed by atoms with Crippen LogP contribution in [0.5, 0.6) is 5.75 Å². The van der Waals surface area contributed by atoms with E-state index in [1.165, 1.54) is 17.0 Å². The lowest BCUT2D eigenvalue weighted by Crippen LogP contribution is -2.52. The standard InChI is InChI=1S/C24H28ClFN2O3/c1-2-22(24(30)27-20-5-3-4-6-20)28(15-17-7-11-19(26)12-8-17)23(29)16-31-21-13-9-18(25)10-14-21/h7-14,20,22H,2-6,15-16H2,1H3,(H,27,30). The van der Waals surface area contributed by atoms with Gasteiger partial charge >= 0.3 is 0 Å². The van der Waals surface area contributed by atoms with Crippen LogP contribution in [-0.2, 0) is 16.1 Å². The maximum absolute atomic E-state index is 13.3. The molecule has 0 aliphatic heterocycles. The molecule has 166 valence electrons. The Balaban J connectivity index is 1.74. The minimum Gasteiger partial charge on any atom is -0.484 e. The van der Waals surface area contributed by atoms with E-state index in [1.807, 2.05) is 6.92 Å². The van der Waals surface area contributed by atoms with Crippen LogP contribution in [0, 0.1) is 5.82 Å². The first kappa shape index (κ1) is 23.1. The van der Waals surface area contributed by atoms with Gasteiger partial charge in [-0.15, -0.1) is 0 Å². The molecular formula is C24H28ClFN2O3. The number of hydrogen-bond acceptors (Lipinski definition) is 3. The van der Waals surface area contributed by atoms with Crippen LogP contribution in [0.2, 0.25) is 5.02 Å². The van der Waals surface area contributed by atoms with Crippen LogP contribution in [0.4, 0.5) is 4.39 Å². The van der Waals surface area contributed by atoms with Gasteiger partial charge in [-0.05, 0) is 61.2 Å². The molecule has 0 heterocycles. The molecule has 7 heteroatoms. The lowest BCUT2D eigenvalue weighted by atomic mass is 10.1. The average Bonchev–Trinajstić information content (AvgIpc) is 3.27. The number of halogens is 2. The minimum absolute atomic E-state index is 0.156. The second-order valence-corrected chi connectivity index (χ2v) is 8.24. The van der Waals surface area contributed by atoms with E-state index in [9.17, 15) is 14.0 Å². The third-order valence-corrected chi connectivity index (χ3v) is 5.78. The molecule has 2 amide bonds. The third-order valence-electron chi connectivity index (χ3n) is 5.53. The second-order valence-electron chi connectivity index (χ2n) is 7.80. The first-order chi connectivity index (χ1) is 15.0. The molecular weight excluding hydrogens is 419 g/mol. The van der Waals surface area contributed by atoms with Gasteiger partial charge in [0.25, 0.3) is 5.91 Å². The maximum Gasteiger partial charge on any atom is 0.261 e. The highest BCUT2D eigenvalue weighted by Crippen LogP contribution is 2.20. The van der Waals surface area contributed by atoms with Crippen molar-refractivity contribution >= 4 is 23.4 Å². The van der Waals surface area contributed by atoms with Gasteiger partial charge in [0.05, 0.1) is 0 Å². The molecule has 1 aliphatic rings. The molecule has 1 fully saturated rings. The van der Waals surface area contributed by atoms with E-state index in [0.29, 0.717) is 17.2 Å². The molecule has 0 bridgehead atoms. The summed E-state index contributed by atoms with van der Waals surface area (Å²) in [5.41, 5.74) is 0.744. The van der Waals surface area contributed by atoms with Crippen LogP contribution in [0.1, 0.15) is 44.6 Å². The fourth-order valence-electron chi connectivity index (χ4n) is 3.83. The molecule has 1 N–H and O–H groups in total. The topological polar surface area (TPSA) is 58.6 Å². The highest BCUT2D eigenvalue weighted by atomic mass is 35.5. The minimum atomic E-state index is -0.632. The Bertz CT molecular complexity index is 867. The monoisotopic (exact) mass is 446 g/mol. The van der Waals surface area contributed by atoms with E-state index in [2.05, 4.69) is 5.32 Å². The number of amides is 2. The number of carbonyl (C=O) groups is 2. The van der Waals surface area contributed by atoms with E-state index in [4.69, 9.17) is 16.3 Å². The van der Waals surface area contributed by atoms with Crippen LogP contribution in [0.3, 0.4) is 0 Å². The third kappa shape index (κ3) is 6.69.